The third-order valence-electron chi connectivity index (χ3n) is 4.93. The maximum Gasteiger partial charge on any atom is 0.253 e. The Kier molecular flexibility index (Phi) is 9.72. The van der Waals surface area contributed by atoms with E-state index in [1.807, 2.05) is 13.8 Å². The molecular weight excluding hydrogens is 552 g/mol. The monoisotopic (exact) mass is 573 g/mol. The number of amides is 2. The van der Waals surface area contributed by atoms with E-state index < -0.39 is 6.04 Å². The van der Waals surface area contributed by atoms with Gasteiger partial charge < -0.3 is 15.2 Å². The van der Waals surface area contributed by atoms with E-state index in [1.165, 1.54) is 17.8 Å². The summed E-state index contributed by atoms with van der Waals surface area (Å²) in [5, 5.41) is 16.1. The van der Waals surface area contributed by atoms with Crippen molar-refractivity contribution in [1.82, 2.24) is 20.1 Å². The molecule has 0 aliphatic rings. The van der Waals surface area contributed by atoms with Crippen LogP contribution in [-0.2, 0) is 11.8 Å². The first-order valence-electron chi connectivity index (χ1n) is 10.6. The first-order chi connectivity index (χ1) is 16.6. The number of nitrogens with one attached hydrogen (secondary N) is 2. The Morgan fingerprint density at radius 2 is 1.80 bits per heavy atom. The molecule has 0 unspecified atom stereocenters. The molecule has 0 saturated heterocycles. The lowest BCUT2D eigenvalue weighted by Crippen LogP contribution is -2.31. The van der Waals surface area contributed by atoms with Crippen molar-refractivity contribution >= 4 is 75.7 Å². The molecule has 0 aliphatic heterocycles. The Morgan fingerprint density at radius 3 is 2.49 bits per heavy atom. The van der Waals surface area contributed by atoms with Crippen molar-refractivity contribution in [2.24, 2.45) is 13.0 Å². The summed E-state index contributed by atoms with van der Waals surface area (Å²) >= 11 is 25.5. The third kappa shape index (κ3) is 7.27. The van der Waals surface area contributed by atoms with Gasteiger partial charge in [0.25, 0.3) is 5.91 Å². The second kappa shape index (κ2) is 12.3. The highest BCUT2D eigenvalue weighted by atomic mass is 35.5. The van der Waals surface area contributed by atoms with Crippen LogP contribution in [0.15, 0.2) is 41.6 Å². The molecule has 186 valence electrons. The molecule has 0 spiro atoms. The predicted molar refractivity (Wildman–Crippen MR) is 143 cm³/mol. The van der Waals surface area contributed by atoms with E-state index in [1.54, 1.807) is 41.9 Å². The molecule has 7 nitrogen and oxygen atoms in total. The molecule has 0 radical (unpaired) electrons. The summed E-state index contributed by atoms with van der Waals surface area (Å²) in [5.74, 6) is 0.302. The van der Waals surface area contributed by atoms with Gasteiger partial charge in [-0.25, -0.2) is 0 Å². The second-order valence-electron chi connectivity index (χ2n) is 8.12. The third-order valence-corrected chi connectivity index (χ3v) is 7.31. The lowest BCUT2D eigenvalue weighted by Gasteiger charge is -2.20. The van der Waals surface area contributed by atoms with Crippen molar-refractivity contribution in [3.8, 4) is 0 Å². The van der Waals surface area contributed by atoms with E-state index in [2.05, 4.69) is 20.8 Å². The molecule has 1 aromatic heterocycles. The highest BCUT2D eigenvalue weighted by Gasteiger charge is 2.24. The Labute approximate surface area is 227 Å². The number of nitrogens with zero attached hydrogens (tertiary/aromatic N) is 3. The minimum atomic E-state index is -0.416. The first-order valence-corrected chi connectivity index (χ1v) is 13.1. The van der Waals surface area contributed by atoms with E-state index in [9.17, 15) is 9.59 Å². The minimum absolute atomic E-state index is 0.0798. The van der Waals surface area contributed by atoms with Gasteiger partial charge in [-0.2, -0.15) is 0 Å². The molecule has 35 heavy (non-hydrogen) atoms. The Bertz CT molecular complexity index is 1230. The van der Waals surface area contributed by atoms with E-state index >= 15 is 0 Å². The van der Waals surface area contributed by atoms with Gasteiger partial charge in [0.15, 0.2) is 11.0 Å². The van der Waals surface area contributed by atoms with Crippen molar-refractivity contribution in [3.05, 3.63) is 67.9 Å². The number of rotatable bonds is 9. The standard InChI is InChI=1S/C23H23Cl4N5O2S/c1-12(2)9-18(29-22(34)14-8-7-13(24)10-16(14)26)21-30-31-23(32(21)3)35-11-19(33)28-17-6-4-5-15(25)20(17)27/h4-8,10,12,18H,9,11H2,1-3H3,(H,28,33)(H,29,34)/t18-/m1/s1. The van der Waals surface area contributed by atoms with Crippen LogP contribution >= 0.6 is 58.2 Å². The Hall–Kier alpha value is -1.97. The number of anilines is 1. The van der Waals surface area contributed by atoms with Crippen molar-refractivity contribution in [3.63, 3.8) is 0 Å². The molecule has 2 N–H and O–H groups in total. The van der Waals surface area contributed by atoms with Gasteiger partial charge in [0.1, 0.15) is 0 Å². The molecule has 0 bridgehead atoms. The van der Waals surface area contributed by atoms with Gasteiger partial charge in [-0.05, 0) is 42.7 Å². The summed E-state index contributed by atoms with van der Waals surface area (Å²) in [6.07, 6.45) is 0.626. The molecule has 1 atom stereocenters. The van der Waals surface area contributed by atoms with Crippen LogP contribution in [0.1, 0.15) is 42.5 Å². The minimum Gasteiger partial charge on any atom is -0.342 e. The summed E-state index contributed by atoms with van der Waals surface area (Å²) in [6, 6.07) is 9.31. The number of hydrogen-bond acceptors (Lipinski definition) is 5. The zero-order valence-electron chi connectivity index (χ0n) is 19.1. The van der Waals surface area contributed by atoms with Crippen LogP contribution in [0.3, 0.4) is 0 Å². The number of hydrogen-bond donors (Lipinski definition) is 2. The molecule has 2 aromatic carbocycles. The molecule has 0 saturated carbocycles. The van der Waals surface area contributed by atoms with Gasteiger partial charge >= 0.3 is 0 Å². The van der Waals surface area contributed by atoms with E-state index in [4.69, 9.17) is 46.4 Å². The van der Waals surface area contributed by atoms with Crippen molar-refractivity contribution in [2.75, 3.05) is 11.1 Å². The molecule has 2 amide bonds. The van der Waals surface area contributed by atoms with Crippen LogP contribution in [0.25, 0.3) is 0 Å². The fourth-order valence-corrected chi connectivity index (χ4v) is 4.84. The summed E-state index contributed by atoms with van der Waals surface area (Å²) in [7, 11) is 1.79. The molecular formula is C23H23Cl4N5O2S. The Morgan fingerprint density at radius 1 is 1.06 bits per heavy atom. The van der Waals surface area contributed by atoms with Gasteiger partial charge in [-0.15, -0.1) is 10.2 Å². The number of benzene rings is 2. The van der Waals surface area contributed by atoms with Crippen molar-refractivity contribution in [2.45, 2.75) is 31.5 Å². The molecule has 1 heterocycles. The van der Waals surface area contributed by atoms with Crippen LogP contribution < -0.4 is 10.6 Å². The van der Waals surface area contributed by atoms with Gasteiger partial charge in [0, 0.05) is 12.1 Å². The summed E-state index contributed by atoms with van der Waals surface area (Å²) in [5.41, 5.74) is 0.752. The molecule has 0 aliphatic carbocycles. The molecule has 0 fully saturated rings. The van der Waals surface area contributed by atoms with Gasteiger partial charge in [0.05, 0.1) is 38.1 Å². The van der Waals surface area contributed by atoms with Gasteiger partial charge in [-0.1, -0.05) is 78.1 Å². The van der Waals surface area contributed by atoms with Crippen molar-refractivity contribution < 1.29 is 9.59 Å². The second-order valence-corrected chi connectivity index (χ2v) is 10.7. The SMILES string of the molecule is CC(C)C[C@@H](NC(=O)c1ccc(Cl)cc1Cl)c1nnc(SCC(=O)Nc2cccc(Cl)c2Cl)n1C. The average Bonchev–Trinajstić information content (AvgIpc) is 3.15. The van der Waals surface area contributed by atoms with E-state index in [0.717, 1.165) is 0 Å². The van der Waals surface area contributed by atoms with Crippen LogP contribution in [-0.4, -0.2) is 32.3 Å². The van der Waals surface area contributed by atoms with Crippen LogP contribution in [0.4, 0.5) is 5.69 Å². The number of aromatic nitrogens is 3. The van der Waals surface area contributed by atoms with E-state index in [-0.39, 0.29) is 33.5 Å². The maximum absolute atomic E-state index is 12.9. The fourth-order valence-electron chi connectivity index (χ4n) is 3.28. The molecule has 3 rings (SSSR count). The highest BCUT2D eigenvalue weighted by molar-refractivity contribution is 7.99. The summed E-state index contributed by atoms with van der Waals surface area (Å²) in [4.78, 5) is 25.4. The topological polar surface area (TPSA) is 88.9 Å². The zero-order chi connectivity index (χ0) is 25.7. The smallest absolute Gasteiger partial charge is 0.253 e. The van der Waals surface area contributed by atoms with Crippen LogP contribution in [0.2, 0.25) is 20.1 Å². The van der Waals surface area contributed by atoms with Crippen LogP contribution in [0.5, 0.6) is 0 Å². The van der Waals surface area contributed by atoms with Gasteiger partial charge in [-0.3, -0.25) is 9.59 Å². The molecule has 3 aromatic rings. The van der Waals surface area contributed by atoms with Gasteiger partial charge in [0.2, 0.25) is 5.91 Å². The predicted octanol–water partition coefficient (Wildman–Crippen LogP) is 6.68. The molecule has 12 heteroatoms. The number of halogens is 4. The van der Waals surface area contributed by atoms with E-state index in [0.29, 0.717) is 38.7 Å². The summed E-state index contributed by atoms with van der Waals surface area (Å²) in [6.45, 7) is 4.09. The maximum atomic E-state index is 12.9. The fraction of sp³-hybridized carbons (Fsp3) is 0.304. The lowest BCUT2D eigenvalue weighted by atomic mass is 10.0. The summed E-state index contributed by atoms with van der Waals surface area (Å²) < 4.78 is 1.76. The lowest BCUT2D eigenvalue weighted by molar-refractivity contribution is -0.113. The zero-order valence-corrected chi connectivity index (χ0v) is 23.0. The normalized spacial score (nSPS) is 12.0. The highest BCUT2D eigenvalue weighted by Crippen LogP contribution is 2.30. The quantitative estimate of drug-likeness (QED) is 0.278. The Balaban J connectivity index is 1.71. The number of carbonyl (C=O) groups excluding carboxylic acids is 2. The van der Waals surface area contributed by atoms with Crippen LogP contribution in [0, 0.1) is 5.92 Å². The first kappa shape index (κ1) is 27.6. The number of thioether (sulfide) groups is 1. The van der Waals surface area contributed by atoms with Crippen molar-refractivity contribution in [1.29, 1.82) is 0 Å². The number of carbonyl (C=O) groups is 2. The largest absolute Gasteiger partial charge is 0.342 e. The average molecular weight is 575 g/mol.